The van der Waals surface area contributed by atoms with E-state index in [1.807, 2.05) is 24.4 Å². The minimum atomic E-state index is -0.176. The quantitative estimate of drug-likeness (QED) is 0.327. The van der Waals surface area contributed by atoms with Crippen molar-refractivity contribution in [3.63, 3.8) is 0 Å². The fourth-order valence-corrected chi connectivity index (χ4v) is 6.01. The highest BCUT2D eigenvalue weighted by Gasteiger charge is 2.20. The number of aromatic nitrogens is 1. The van der Waals surface area contributed by atoms with Gasteiger partial charge in [0.05, 0.1) is 25.2 Å². The van der Waals surface area contributed by atoms with Gasteiger partial charge in [0.1, 0.15) is 0 Å². The molecule has 0 radical (unpaired) electrons. The fraction of sp³-hybridized carbons (Fsp3) is 0.419. The Labute approximate surface area is 239 Å². The van der Waals surface area contributed by atoms with Crippen LogP contribution in [0.4, 0.5) is 0 Å². The van der Waals surface area contributed by atoms with Crippen molar-refractivity contribution in [3.05, 3.63) is 86.3 Å². The monoisotopic (exact) mass is 561 g/mol. The van der Waals surface area contributed by atoms with E-state index >= 15 is 0 Å². The fourth-order valence-electron chi connectivity index (χ4n) is 5.88. The highest BCUT2D eigenvalue weighted by molar-refractivity contribution is 6.30. The molecule has 2 aliphatic heterocycles. The third kappa shape index (κ3) is 6.16. The highest BCUT2D eigenvalue weighted by Crippen LogP contribution is 2.28. The lowest BCUT2D eigenvalue weighted by Crippen LogP contribution is -2.44. The van der Waals surface area contributed by atoms with Gasteiger partial charge in [0.15, 0.2) is 5.43 Å². The number of rotatable bonds is 9. The Bertz CT molecular complexity index is 1520. The van der Waals surface area contributed by atoms with Crippen molar-refractivity contribution in [2.24, 2.45) is 0 Å². The third-order valence-corrected chi connectivity index (χ3v) is 8.32. The maximum absolute atomic E-state index is 13.8. The van der Waals surface area contributed by atoms with Gasteiger partial charge < -0.3 is 24.7 Å². The van der Waals surface area contributed by atoms with Crippen molar-refractivity contribution in [2.45, 2.75) is 25.9 Å². The van der Waals surface area contributed by atoms with Crippen LogP contribution < -0.4 is 16.1 Å². The molecular formula is C31H36ClN5O3. The molecule has 0 spiro atoms. The molecule has 9 heteroatoms. The normalized spacial score (nSPS) is 17.1. The minimum absolute atomic E-state index is 0.0370. The predicted octanol–water partition coefficient (Wildman–Crippen LogP) is 2.68. The smallest absolute Gasteiger partial charge is 0.224 e. The lowest BCUT2D eigenvalue weighted by molar-refractivity contribution is -0.120. The summed E-state index contributed by atoms with van der Waals surface area (Å²) < 4.78 is 7.60. The van der Waals surface area contributed by atoms with Crippen molar-refractivity contribution < 1.29 is 9.53 Å². The molecule has 2 aliphatic rings. The first kappa shape index (κ1) is 27.2. The van der Waals surface area contributed by atoms with Gasteiger partial charge >= 0.3 is 0 Å². The number of hydrogen-bond donors (Lipinski definition) is 2. The van der Waals surface area contributed by atoms with Gasteiger partial charge in [-0.3, -0.25) is 14.5 Å². The number of halogens is 1. The second kappa shape index (κ2) is 12.2. The number of benzene rings is 2. The van der Waals surface area contributed by atoms with Crippen LogP contribution in [-0.4, -0.2) is 79.1 Å². The Kier molecular flexibility index (Phi) is 8.32. The summed E-state index contributed by atoms with van der Waals surface area (Å²) in [6.45, 7) is 9.56. The van der Waals surface area contributed by atoms with Crippen LogP contribution >= 0.6 is 11.6 Å². The molecule has 2 aromatic carbocycles. The molecule has 0 bridgehead atoms. The van der Waals surface area contributed by atoms with E-state index in [4.69, 9.17) is 16.3 Å². The average molecular weight is 562 g/mol. The third-order valence-electron chi connectivity index (χ3n) is 8.07. The first-order valence-electron chi connectivity index (χ1n) is 14.2. The molecule has 4 aromatic rings. The van der Waals surface area contributed by atoms with Crippen LogP contribution in [-0.2, 0) is 35.5 Å². The largest absolute Gasteiger partial charge is 0.379 e. The number of nitrogens with zero attached hydrogens (tertiary/aromatic N) is 3. The van der Waals surface area contributed by atoms with E-state index in [0.717, 1.165) is 94.0 Å². The molecule has 1 amide bonds. The van der Waals surface area contributed by atoms with Gasteiger partial charge in [-0.15, -0.1) is 0 Å². The molecule has 2 aromatic heterocycles. The van der Waals surface area contributed by atoms with Crippen molar-refractivity contribution >= 4 is 33.8 Å². The number of piperazine rings is 1. The summed E-state index contributed by atoms with van der Waals surface area (Å²) in [5.41, 5.74) is 4.74. The number of hydrogen-bond acceptors (Lipinski definition) is 6. The van der Waals surface area contributed by atoms with E-state index in [-0.39, 0.29) is 17.8 Å². The van der Waals surface area contributed by atoms with Crippen molar-refractivity contribution in [1.29, 1.82) is 0 Å². The summed E-state index contributed by atoms with van der Waals surface area (Å²) >= 11 is 5.97. The lowest BCUT2D eigenvalue weighted by atomic mass is 10.0. The summed E-state index contributed by atoms with van der Waals surface area (Å²) in [5, 5.41) is 8.86. The second-order valence-electron chi connectivity index (χ2n) is 10.9. The Balaban J connectivity index is 1.29. The zero-order valence-corrected chi connectivity index (χ0v) is 23.5. The molecular weight excluding hydrogens is 526 g/mol. The van der Waals surface area contributed by atoms with E-state index in [9.17, 15) is 9.59 Å². The number of carbonyl (C=O) groups is 1. The van der Waals surface area contributed by atoms with Crippen LogP contribution in [0.3, 0.4) is 0 Å². The summed E-state index contributed by atoms with van der Waals surface area (Å²) in [4.78, 5) is 31.6. The maximum Gasteiger partial charge on any atom is 0.224 e. The number of pyridine rings is 1. The van der Waals surface area contributed by atoms with Crippen molar-refractivity contribution in [3.8, 4) is 0 Å². The van der Waals surface area contributed by atoms with E-state index in [1.54, 1.807) is 12.1 Å². The van der Waals surface area contributed by atoms with Crippen molar-refractivity contribution in [1.82, 2.24) is 24.8 Å². The van der Waals surface area contributed by atoms with Crippen LogP contribution in [0.2, 0.25) is 5.02 Å². The van der Waals surface area contributed by atoms with Gasteiger partial charge in [-0.1, -0.05) is 23.7 Å². The number of nitrogens with one attached hydrogen (secondary N) is 2. The van der Waals surface area contributed by atoms with Crippen LogP contribution in [0, 0.1) is 0 Å². The van der Waals surface area contributed by atoms with Crippen molar-refractivity contribution in [2.75, 3.05) is 59.0 Å². The zero-order valence-electron chi connectivity index (χ0n) is 22.8. The van der Waals surface area contributed by atoms with Gasteiger partial charge in [0, 0.05) is 92.7 Å². The van der Waals surface area contributed by atoms with Gasteiger partial charge in [0.2, 0.25) is 5.91 Å². The Hall–Kier alpha value is -3.01. The molecule has 0 unspecified atom stereocenters. The number of carbonyl (C=O) groups excluding carboxylic acids is 1. The molecule has 210 valence electrons. The second-order valence-corrected chi connectivity index (χ2v) is 11.3. The summed E-state index contributed by atoms with van der Waals surface area (Å²) in [6, 6.07) is 11.7. The average Bonchev–Trinajstić information content (AvgIpc) is 3.32. The first-order chi connectivity index (χ1) is 19.5. The van der Waals surface area contributed by atoms with Gasteiger partial charge in [0.25, 0.3) is 0 Å². The van der Waals surface area contributed by atoms with Gasteiger partial charge in [-0.05, 0) is 47.4 Å². The van der Waals surface area contributed by atoms with Crippen LogP contribution in [0.25, 0.3) is 16.3 Å². The Morgan fingerprint density at radius 3 is 2.42 bits per heavy atom. The summed E-state index contributed by atoms with van der Waals surface area (Å²) in [5.74, 6) is -0.176. The van der Waals surface area contributed by atoms with Crippen LogP contribution in [0.5, 0.6) is 0 Å². The Morgan fingerprint density at radius 2 is 1.65 bits per heavy atom. The molecule has 2 fully saturated rings. The highest BCUT2D eigenvalue weighted by atomic mass is 35.5. The molecule has 40 heavy (non-hydrogen) atoms. The number of amides is 1. The summed E-state index contributed by atoms with van der Waals surface area (Å²) in [6.07, 6.45) is 4.97. The zero-order chi connectivity index (χ0) is 27.5. The molecule has 6 rings (SSSR count). The molecule has 0 saturated carbocycles. The first-order valence-corrected chi connectivity index (χ1v) is 14.6. The van der Waals surface area contributed by atoms with Crippen LogP contribution in [0.15, 0.2) is 53.6 Å². The molecule has 0 atom stereocenters. The maximum atomic E-state index is 13.8. The van der Waals surface area contributed by atoms with Crippen LogP contribution in [0.1, 0.15) is 22.3 Å². The molecule has 4 heterocycles. The molecule has 0 aliphatic carbocycles. The lowest BCUT2D eigenvalue weighted by Gasteiger charge is -2.27. The van der Waals surface area contributed by atoms with E-state index in [0.29, 0.717) is 22.5 Å². The SMILES string of the molecule is O=C(Cc1cn2cc(CCN3CCNCC3)c3cc(CN4CCOCC4)cc(c1=O)c32)NCc1ccc(Cl)cc1. The standard InChI is InChI=1S/C31H36ClN5O3/c32-26-3-1-22(2-4-26)18-34-29(38)17-25-21-37-20-24(5-8-35-9-6-33-7-10-35)27-15-23(16-28(30(27)37)31(25)39)19-36-11-13-40-14-12-36/h1-4,15-16,20-21,33H,5-14,17-19H2,(H,34,38). The molecule has 2 N–H and O–H groups in total. The van der Waals surface area contributed by atoms with E-state index < -0.39 is 0 Å². The number of morpholine rings is 1. The van der Waals surface area contributed by atoms with E-state index in [2.05, 4.69) is 37.1 Å². The predicted molar refractivity (Wildman–Crippen MR) is 158 cm³/mol. The molecule has 2 saturated heterocycles. The van der Waals surface area contributed by atoms with E-state index in [1.165, 1.54) is 5.56 Å². The number of ether oxygens (including phenoxy) is 1. The minimum Gasteiger partial charge on any atom is -0.379 e. The summed E-state index contributed by atoms with van der Waals surface area (Å²) in [7, 11) is 0. The Morgan fingerprint density at radius 1 is 0.925 bits per heavy atom. The van der Waals surface area contributed by atoms with Gasteiger partial charge in [-0.2, -0.15) is 0 Å². The molecule has 8 nitrogen and oxygen atoms in total. The topological polar surface area (TPSA) is 78.3 Å². The van der Waals surface area contributed by atoms with Gasteiger partial charge in [-0.25, -0.2) is 0 Å².